The predicted octanol–water partition coefficient (Wildman–Crippen LogP) is 2.27. The van der Waals surface area contributed by atoms with Crippen LogP contribution in [0.4, 0.5) is 11.4 Å². The maximum absolute atomic E-state index is 10.2. The van der Waals surface area contributed by atoms with Gasteiger partial charge in [-0.15, -0.1) is 0 Å². The van der Waals surface area contributed by atoms with Gasteiger partial charge in [0.1, 0.15) is 0 Å². The number of nitro benzene ring substituents is 2. The Hall–Kier alpha value is -2.02. The van der Waals surface area contributed by atoms with E-state index >= 15 is 0 Å². The third-order valence-electron chi connectivity index (χ3n) is 1.28. The maximum Gasteiger partial charge on any atom is 0.346 e. The van der Waals surface area contributed by atoms with Gasteiger partial charge in [0.05, 0.1) is 9.85 Å². The highest BCUT2D eigenvalue weighted by atomic mass is 35.5. The largest absolute Gasteiger partial charge is 0.346 e. The van der Waals surface area contributed by atoms with Gasteiger partial charge >= 0.3 is 11.4 Å². The second-order valence-corrected chi connectivity index (χ2v) is 3.01. The third kappa shape index (κ3) is 5.01. The Bertz CT molecular complexity index is 384. The molecule has 0 saturated carbocycles. The SMILES string of the molecule is CC(=O)Cl.O=[N+]([O-])c1ccccc1[N+](=O)[O-]. The average molecular weight is 247 g/mol. The second kappa shape index (κ2) is 6.46. The number of hydrogen-bond donors (Lipinski definition) is 0. The Kier molecular flexibility index (Phi) is 5.65. The summed E-state index contributed by atoms with van der Waals surface area (Å²) in [5.74, 6) is 0. The molecule has 0 aliphatic rings. The van der Waals surface area contributed by atoms with Gasteiger partial charge in [0, 0.05) is 19.1 Å². The summed E-state index contributed by atoms with van der Waals surface area (Å²) >= 11 is 4.64. The highest BCUT2D eigenvalue weighted by Crippen LogP contribution is 2.24. The van der Waals surface area contributed by atoms with Crippen LogP contribution in [0.5, 0.6) is 0 Å². The van der Waals surface area contributed by atoms with Crippen LogP contribution < -0.4 is 0 Å². The maximum atomic E-state index is 10.2. The van der Waals surface area contributed by atoms with Crippen molar-refractivity contribution < 1.29 is 14.6 Å². The summed E-state index contributed by atoms with van der Waals surface area (Å²) in [5, 5.41) is 20.1. The number of para-hydroxylation sites is 2. The highest BCUT2D eigenvalue weighted by molar-refractivity contribution is 6.62. The fourth-order valence-electron chi connectivity index (χ4n) is 0.773. The molecule has 0 aliphatic heterocycles. The van der Waals surface area contributed by atoms with E-state index in [1.54, 1.807) is 0 Å². The first-order valence-electron chi connectivity index (χ1n) is 3.90. The first kappa shape index (κ1) is 14.0. The van der Waals surface area contributed by atoms with Gasteiger partial charge in [0.15, 0.2) is 0 Å². The van der Waals surface area contributed by atoms with E-state index in [0.717, 1.165) is 12.1 Å². The van der Waals surface area contributed by atoms with Gasteiger partial charge in [-0.25, -0.2) is 0 Å². The van der Waals surface area contributed by atoms with E-state index in [1.807, 2.05) is 0 Å². The minimum atomic E-state index is -0.780. The van der Waals surface area contributed by atoms with Gasteiger partial charge in [-0.3, -0.25) is 25.0 Å². The summed E-state index contributed by atoms with van der Waals surface area (Å²) < 4.78 is 0. The van der Waals surface area contributed by atoms with Crippen LogP contribution in [0.25, 0.3) is 0 Å². The van der Waals surface area contributed by atoms with Gasteiger partial charge in [0.2, 0.25) is 5.24 Å². The molecule has 0 aliphatic carbocycles. The van der Waals surface area contributed by atoms with Crippen LogP contribution in [-0.4, -0.2) is 15.1 Å². The van der Waals surface area contributed by atoms with Crippen LogP contribution in [0.1, 0.15) is 6.92 Å². The Balaban J connectivity index is 0.000000487. The molecule has 0 heterocycles. The van der Waals surface area contributed by atoms with Crippen molar-refractivity contribution in [2.75, 3.05) is 0 Å². The molecule has 0 unspecified atom stereocenters. The summed E-state index contributed by atoms with van der Waals surface area (Å²) in [7, 11) is 0. The molecule has 0 radical (unpaired) electrons. The number of hydrogen-bond acceptors (Lipinski definition) is 5. The lowest BCUT2D eigenvalue weighted by Gasteiger charge is -1.91. The standard InChI is InChI=1S/C6H4N2O4.C2H3ClO/c9-7(10)5-3-1-2-4-6(5)8(11)12;1-2(3)4/h1-4H;1H3. The van der Waals surface area contributed by atoms with Crippen LogP contribution in [0, 0.1) is 20.2 Å². The molecule has 0 saturated heterocycles. The van der Waals surface area contributed by atoms with Gasteiger partial charge in [-0.2, -0.15) is 0 Å². The van der Waals surface area contributed by atoms with Crippen molar-refractivity contribution in [3.8, 4) is 0 Å². The van der Waals surface area contributed by atoms with E-state index in [4.69, 9.17) is 0 Å². The summed E-state index contributed by atoms with van der Waals surface area (Å²) in [4.78, 5) is 28.1. The van der Waals surface area contributed by atoms with E-state index in [0.29, 0.717) is 0 Å². The van der Waals surface area contributed by atoms with Crippen molar-refractivity contribution in [2.24, 2.45) is 0 Å². The first-order chi connectivity index (χ1) is 7.36. The molecule has 1 aromatic rings. The number of halogens is 1. The summed E-state index contributed by atoms with van der Waals surface area (Å²) in [6.45, 7) is 1.29. The van der Waals surface area contributed by atoms with Crippen LogP contribution in [0.15, 0.2) is 24.3 Å². The van der Waals surface area contributed by atoms with E-state index < -0.39 is 21.2 Å². The molecule has 0 fully saturated rings. The summed E-state index contributed by atoms with van der Waals surface area (Å²) in [5.41, 5.74) is -0.968. The summed E-state index contributed by atoms with van der Waals surface area (Å²) in [6, 6.07) is 4.95. The minimum Gasteiger partial charge on any atom is -0.282 e. The normalized spacial score (nSPS) is 8.62. The van der Waals surface area contributed by atoms with E-state index in [2.05, 4.69) is 11.6 Å². The van der Waals surface area contributed by atoms with E-state index in [1.165, 1.54) is 19.1 Å². The molecule has 1 rings (SSSR count). The van der Waals surface area contributed by atoms with Crippen LogP contribution in [-0.2, 0) is 4.79 Å². The smallest absolute Gasteiger partial charge is 0.282 e. The molecular weight excluding hydrogens is 240 g/mol. The Labute approximate surface area is 94.9 Å². The lowest BCUT2D eigenvalue weighted by Crippen LogP contribution is -1.95. The van der Waals surface area contributed by atoms with Crippen molar-refractivity contribution in [3.63, 3.8) is 0 Å². The summed E-state index contributed by atoms with van der Waals surface area (Å²) in [6.07, 6.45) is 0. The van der Waals surface area contributed by atoms with E-state index in [9.17, 15) is 25.0 Å². The quantitative estimate of drug-likeness (QED) is 0.452. The molecule has 0 spiro atoms. The zero-order valence-electron chi connectivity index (χ0n) is 8.12. The van der Waals surface area contributed by atoms with Crippen LogP contribution in [0.2, 0.25) is 0 Å². The first-order valence-corrected chi connectivity index (χ1v) is 4.28. The average Bonchev–Trinajstić information content (AvgIpc) is 2.16. The number of carbonyl (C=O) groups is 1. The van der Waals surface area contributed by atoms with Gasteiger partial charge in [0.25, 0.3) is 0 Å². The van der Waals surface area contributed by atoms with Crippen molar-refractivity contribution in [1.82, 2.24) is 0 Å². The Morgan fingerprint density at radius 1 is 1.12 bits per heavy atom. The number of rotatable bonds is 2. The van der Waals surface area contributed by atoms with Gasteiger partial charge in [-0.1, -0.05) is 12.1 Å². The Morgan fingerprint density at radius 2 is 1.38 bits per heavy atom. The predicted molar refractivity (Wildman–Crippen MR) is 56.3 cm³/mol. The monoisotopic (exact) mass is 246 g/mol. The minimum absolute atomic E-state index is 0.361. The molecule has 0 aromatic heterocycles. The molecule has 8 heteroatoms. The van der Waals surface area contributed by atoms with Crippen LogP contribution in [0.3, 0.4) is 0 Å². The van der Waals surface area contributed by atoms with Crippen LogP contribution >= 0.6 is 11.6 Å². The topological polar surface area (TPSA) is 103 Å². The molecule has 86 valence electrons. The fourth-order valence-corrected chi connectivity index (χ4v) is 0.773. The van der Waals surface area contributed by atoms with Crippen molar-refractivity contribution >= 4 is 28.2 Å². The number of benzene rings is 1. The second-order valence-electron chi connectivity index (χ2n) is 2.47. The lowest BCUT2D eigenvalue weighted by molar-refractivity contribution is -0.422. The third-order valence-corrected chi connectivity index (χ3v) is 1.28. The molecular formula is C8H7ClN2O5. The molecule has 0 amide bonds. The molecule has 16 heavy (non-hydrogen) atoms. The lowest BCUT2D eigenvalue weighted by atomic mass is 10.3. The fraction of sp³-hybridized carbons (Fsp3) is 0.125. The Morgan fingerprint density at radius 3 is 1.56 bits per heavy atom. The van der Waals surface area contributed by atoms with E-state index in [-0.39, 0.29) is 5.24 Å². The molecule has 0 N–H and O–H groups in total. The highest BCUT2D eigenvalue weighted by Gasteiger charge is 2.21. The number of carbonyl (C=O) groups excluding carboxylic acids is 1. The van der Waals surface area contributed by atoms with Crippen molar-refractivity contribution in [2.45, 2.75) is 6.92 Å². The zero-order chi connectivity index (χ0) is 12.7. The molecule has 7 nitrogen and oxygen atoms in total. The zero-order valence-corrected chi connectivity index (χ0v) is 8.88. The number of nitro groups is 2. The van der Waals surface area contributed by atoms with Crippen molar-refractivity contribution in [1.29, 1.82) is 0 Å². The molecule has 1 aromatic carbocycles. The molecule has 0 bridgehead atoms. The molecule has 0 atom stereocenters. The van der Waals surface area contributed by atoms with Gasteiger partial charge < -0.3 is 0 Å². The van der Waals surface area contributed by atoms with Gasteiger partial charge in [-0.05, 0) is 11.6 Å². The van der Waals surface area contributed by atoms with Crippen molar-refractivity contribution in [3.05, 3.63) is 44.5 Å². The number of nitrogens with zero attached hydrogens (tertiary/aromatic N) is 2.